The van der Waals surface area contributed by atoms with Gasteiger partial charge in [-0.25, -0.2) is 0 Å². The topological polar surface area (TPSA) is 94.1 Å². The summed E-state index contributed by atoms with van der Waals surface area (Å²) in [5.41, 5.74) is 0. The molecular formula is C6H8O5. The first-order chi connectivity index (χ1) is 5.11. The zero-order chi connectivity index (χ0) is 8.43. The van der Waals surface area contributed by atoms with Crippen LogP contribution >= 0.6 is 0 Å². The van der Waals surface area contributed by atoms with E-state index in [1.807, 2.05) is 0 Å². The second-order valence-corrected chi connectivity index (χ2v) is 1.99. The summed E-state index contributed by atoms with van der Waals surface area (Å²) in [6, 6.07) is 2.50. The van der Waals surface area contributed by atoms with Crippen LogP contribution in [0.5, 0.6) is 0 Å². The molecule has 1 aromatic heterocycles. The molecule has 0 aromatic carbocycles. The van der Waals surface area contributed by atoms with Crippen molar-refractivity contribution in [3.05, 3.63) is 23.7 Å². The molecule has 1 rings (SSSR count). The van der Waals surface area contributed by atoms with E-state index in [1.54, 1.807) is 0 Å². The van der Waals surface area contributed by atoms with Crippen LogP contribution < -0.4 is 0 Å². The van der Waals surface area contributed by atoms with E-state index in [9.17, 15) is 0 Å². The van der Waals surface area contributed by atoms with E-state index < -0.39 is 12.6 Å². The van der Waals surface area contributed by atoms with Gasteiger partial charge in [0.1, 0.15) is 0 Å². The molecule has 62 valence electrons. The minimum Gasteiger partial charge on any atom is -0.455 e. The first kappa shape index (κ1) is 8.22. The highest BCUT2D eigenvalue weighted by Gasteiger charge is 2.12. The Morgan fingerprint density at radius 3 is 1.45 bits per heavy atom. The van der Waals surface area contributed by atoms with Crippen LogP contribution in [0.25, 0.3) is 0 Å². The minimum atomic E-state index is -1.72. The number of furan rings is 1. The highest BCUT2D eigenvalue weighted by atomic mass is 16.5. The summed E-state index contributed by atoms with van der Waals surface area (Å²) < 4.78 is 4.61. The van der Waals surface area contributed by atoms with Gasteiger partial charge in [0.2, 0.25) is 12.6 Å². The van der Waals surface area contributed by atoms with Gasteiger partial charge in [-0.05, 0) is 12.1 Å². The van der Waals surface area contributed by atoms with Crippen molar-refractivity contribution in [2.24, 2.45) is 0 Å². The molecule has 0 unspecified atom stereocenters. The molecule has 0 saturated heterocycles. The minimum absolute atomic E-state index is 0.117. The van der Waals surface area contributed by atoms with Crippen LogP contribution in [-0.4, -0.2) is 20.4 Å². The summed E-state index contributed by atoms with van der Waals surface area (Å²) >= 11 is 0. The lowest BCUT2D eigenvalue weighted by Crippen LogP contribution is -1.93. The van der Waals surface area contributed by atoms with Gasteiger partial charge >= 0.3 is 0 Å². The maximum atomic E-state index is 8.52. The van der Waals surface area contributed by atoms with Crippen LogP contribution in [0, 0.1) is 0 Å². The smallest absolute Gasteiger partial charge is 0.212 e. The molecule has 0 saturated carbocycles. The Bertz CT molecular complexity index is 204. The quantitative estimate of drug-likeness (QED) is 0.427. The fourth-order valence-corrected chi connectivity index (χ4v) is 0.646. The van der Waals surface area contributed by atoms with Gasteiger partial charge in [0, 0.05) is 0 Å². The van der Waals surface area contributed by atoms with Crippen molar-refractivity contribution in [2.75, 3.05) is 0 Å². The van der Waals surface area contributed by atoms with E-state index in [-0.39, 0.29) is 11.5 Å². The van der Waals surface area contributed by atoms with Gasteiger partial charge < -0.3 is 24.8 Å². The van der Waals surface area contributed by atoms with Gasteiger partial charge in [-0.15, -0.1) is 0 Å². The molecule has 5 heteroatoms. The van der Waals surface area contributed by atoms with Gasteiger partial charge in [-0.2, -0.15) is 0 Å². The van der Waals surface area contributed by atoms with Gasteiger partial charge in [-0.1, -0.05) is 0 Å². The molecule has 1 heterocycles. The van der Waals surface area contributed by atoms with Crippen molar-refractivity contribution in [1.82, 2.24) is 0 Å². The summed E-state index contributed by atoms with van der Waals surface area (Å²) in [6.45, 7) is 0. The third-order valence-corrected chi connectivity index (χ3v) is 1.16. The standard InChI is InChI=1S/C6H8O5/c7-5(8)3-1-2-4(11-3)6(9)10/h1-2,5-10H. The lowest BCUT2D eigenvalue weighted by molar-refractivity contribution is -0.0758. The molecule has 5 nitrogen and oxygen atoms in total. The van der Waals surface area contributed by atoms with E-state index in [0.29, 0.717) is 0 Å². The third kappa shape index (κ3) is 1.78. The summed E-state index contributed by atoms with van der Waals surface area (Å²) in [5.74, 6) is -0.235. The predicted molar refractivity (Wildman–Crippen MR) is 33.1 cm³/mol. The van der Waals surface area contributed by atoms with Crippen molar-refractivity contribution in [3.8, 4) is 0 Å². The van der Waals surface area contributed by atoms with Crippen LogP contribution in [0.1, 0.15) is 24.1 Å². The van der Waals surface area contributed by atoms with Crippen molar-refractivity contribution in [2.45, 2.75) is 12.6 Å². The molecule has 0 aliphatic heterocycles. The summed E-state index contributed by atoms with van der Waals surface area (Å²) in [4.78, 5) is 0. The second kappa shape index (κ2) is 3.02. The second-order valence-electron chi connectivity index (χ2n) is 1.99. The summed E-state index contributed by atoms with van der Waals surface area (Å²) in [5, 5.41) is 34.1. The molecule has 0 spiro atoms. The Morgan fingerprint density at radius 2 is 1.27 bits per heavy atom. The first-order valence-electron chi connectivity index (χ1n) is 2.93. The zero-order valence-electron chi connectivity index (χ0n) is 5.51. The number of rotatable bonds is 2. The number of aliphatic hydroxyl groups excluding tert-OH is 2. The van der Waals surface area contributed by atoms with Crippen LogP contribution in [0.4, 0.5) is 0 Å². The van der Waals surface area contributed by atoms with Crippen molar-refractivity contribution in [1.29, 1.82) is 0 Å². The Kier molecular flexibility index (Phi) is 2.25. The molecule has 0 aliphatic carbocycles. The highest BCUT2D eigenvalue weighted by molar-refractivity contribution is 5.08. The molecule has 0 atom stereocenters. The molecule has 1 aromatic rings. The molecule has 4 N–H and O–H groups in total. The Morgan fingerprint density at radius 1 is 0.909 bits per heavy atom. The Labute approximate surface area is 62.1 Å². The summed E-state index contributed by atoms with van der Waals surface area (Å²) in [7, 11) is 0. The normalized spacial score (nSPS) is 11.5. The average molecular weight is 160 g/mol. The van der Waals surface area contributed by atoms with Gasteiger partial charge in [0.15, 0.2) is 11.5 Å². The average Bonchev–Trinajstić information content (AvgIpc) is 2.33. The maximum absolute atomic E-state index is 8.52. The molecule has 0 bridgehead atoms. The van der Waals surface area contributed by atoms with E-state index in [0.717, 1.165) is 0 Å². The van der Waals surface area contributed by atoms with E-state index in [2.05, 4.69) is 4.42 Å². The number of hydrogen-bond acceptors (Lipinski definition) is 5. The van der Waals surface area contributed by atoms with Crippen LogP contribution in [-0.2, 0) is 0 Å². The van der Waals surface area contributed by atoms with Crippen LogP contribution in [0.2, 0.25) is 0 Å². The van der Waals surface area contributed by atoms with E-state index >= 15 is 0 Å². The predicted octanol–water partition coefficient (Wildman–Crippen LogP) is -0.754. The molecular weight excluding hydrogens is 152 g/mol. The SMILES string of the molecule is OC(O)c1ccc(C(O)O)o1. The van der Waals surface area contributed by atoms with Crippen LogP contribution in [0.3, 0.4) is 0 Å². The fourth-order valence-electron chi connectivity index (χ4n) is 0.646. The van der Waals surface area contributed by atoms with Crippen molar-refractivity contribution >= 4 is 0 Å². The Balaban J connectivity index is 2.82. The summed E-state index contributed by atoms with van der Waals surface area (Å²) in [6.07, 6.45) is -3.44. The number of aliphatic hydroxyl groups is 4. The Hall–Kier alpha value is -0.880. The molecule has 0 amide bonds. The lowest BCUT2D eigenvalue weighted by atomic mass is 10.4. The molecule has 0 radical (unpaired) electrons. The fraction of sp³-hybridized carbons (Fsp3) is 0.333. The van der Waals surface area contributed by atoms with Gasteiger partial charge in [0.25, 0.3) is 0 Å². The third-order valence-electron chi connectivity index (χ3n) is 1.16. The number of hydrogen-bond donors (Lipinski definition) is 4. The first-order valence-corrected chi connectivity index (χ1v) is 2.93. The maximum Gasteiger partial charge on any atom is 0.212 e. The van der Waals surface area contributed by atoms with E-state index in [4.69, 9.17) is 20.4 Å². The van der Waals surface area contributed by atoms with Crippen molar-refractivity contribution < 1.29 is 24.8 Å². The van der Waals surface area contributed by atoms with Gasteiger partial charge in [-0.3, -0.25) is 0 Å². The largest absolute Gasteiger partial charge is 0.455 e. The highest BCUT2D eigenvalue weighted by Crippen LogP contribution is 2.17. The van der Waals surface area contributed by atoms with E-state index in [1.165, 1.54) is 12.1 Å². The van der Waals surface area contributed by atoms with Gasteiger partial charge in [0.05, 0.1) is 0 Å². The van der Waals surface area contributed by atoms with Crippen molar-refractivity contribution in [3.63, 3.8) is 0 Å². The molecule has 0 fully saturated rings. The molecule has 0 aliphatic rings. The van der Waals surface area contributed by atoms with Crippen LogP contribution in [0.15, 0.2) is 16.5 Å². The zero-order valence-corrected chi connectivity index (χ0v) is 5.51. The lowest BCUT2D eigenvalue weighted by Gasteiger charge is -1.98. The monoisotopic (exact) mass is 160 g/mol. The molecule has 11 heavy (non-hydrogen) atoms.